The first-order valence-corrected chi connectivity index (χ1v) is 10.4. The predicted octanol–water partition coefficient (Wildman–Crippen LogP) is 4.66. The molecule has 3 rings (SSSR count). The van der Waals surface area contributed by atoms with Crippen LogP contribution in [0.15, 0.2) is 45.7 Å². The molecule has 0 spiro atoms. The number of alkyl halides is 3. The predicted molar refractivity (Wildman–Crippen MR) is 120 cm³/mol. The van der Waals surface area contributed by atoms with Gasteiger partial charge in [0.1, 0.15) is 0 Å². The zero-order chi connectivity index (χ0) is 26.3. The van der Waals surface area contributed by atoms with E-state index in [2.05, 4.69) is 9.68 Å². The van der Waals surface area contributed by atoms with Crippen LogP contribution in [0.3, 0.4) is 0 Å². The number of hydrogen-bond donors (Lipinski definition) is 2. The Morgan fingerprint density at radius 2 is 1.86 bits per heavy atom. The van der Waals surface area contributed by atoms with Crippen molar-refractivity contribution in [1.82, 2.24) is 5.16 Å². The van der Waals surface area contributed by atoms with Crippen LogP contribution in [0.5, 0.6) is 0 Å². The summed E-state index contributed by atoms with van der Waals surface area (Å²) >= 11 is 5.91. The Morgan fingerprint density at radius 3 is 2.46 bits per heavy atom. The molecule has 1 unspecified atom stereocenters. The van der Waals surface area contributed by atoms with Crippen LogP contribution in [0.2, 0.25) is 5.02 Å². The van der Waals surface area contributed by atoms with Crippen molar-refractivity contribution in [2.75, 3.05) is 5.32 Å². The third kappa shape index (κ3) is 4.98. The van der Waals surface area contributed by atoms with Crippen molar-refractivity contribution in [2.24, 2.45) is 0 Å². The number of nitrogens with one attached hydrogen (secondary N) is 1. The number of hydrogen-bond acceptors (Lipinski definition) is 7. The fraction of sp³-hybridized carbons (Fsp3) is 0.318. The van der Waals surface area contributed by atoms with Crippen molar-refractivity contribution in [3.63, 3.8) is 0 Å². The molecule has 0 aliphatic rings. The van der Waals surface area contributed by atoms with Gasteiger partial charge in [0.05, 0.1) is 16.0 Å². The van der Waals surface area contributed by atoms with E-state index in [1.54, 1.807) is 0 Å². The smallest absolute Gasteiger partial charge is 0.373 e. The number of nitrogens with zero attached hydrogens (tertiary/aromatic N) is 2. The van der Waals surface area contributed by atoms with Gasteiger partial charge in [0.2, 0.25) is 5.60 Å². The summed E-state index contributed by atoms with van der Waals surface area (Å²) in [5.41, 5.74) is -7.04. The maximum Gasteiger partial charge on any atom is 0.426 e. The molecule has 0 radical (unpaired) electrons. The van der Waals surface area contributed by atoms with Crippen LogP contribution >= 0.6 is 11.6 Å². The fourth-order valence-electron chi connectivity index (χ4n) is 3.80. The van der Waals surface area contributed by atoms with E-state index >= 15 is 0 Å². The minimum Gasteiger partial charge on any atom is -0.373 e. The summed E-state index contributed by atoms with van der Waals surface area (Å²) in [4.78, 5) is 35.3. The summed E-state index contributed by atoms with van der Waals surface area (Å²) in [6.45, 7) is 3.93. The van der Waals surface area contributed by atoms with Crippen molar-refractivity contribution in [2.45, 2.75) is 44.4 Å². The van der Waals surface area contributed by atoms with Gasteiger partial charge in [-0.1, -0.05) is 30.6 Å². The first-order valence-electron chi connectivity index (χ1n) is 10.0. The molecule has 1 heterocycles. The molecule has 2 N–H and O–H groups in total. The summed E-state index contributed by atoms with van der Waals surface area (Å²) in [5, 5.41) is 28.0. The number of anilines is 1. The molecule has 0 saturated carbocycles. The minimum atomic E-state index is -5.45. The molecule has 0 aliphatic heterocycles. The Morgan fingerprint density at radius 1 is 1.20 bits per heavy atom. The zero-order valence-corrected chi connectivity index (χ0v) is 19.3. The second-order valence-corrected chi connectivity index (χ2v) is 9.04. The number of carbonyl (C=O) groups is 1. The van der Waals surface area contributed by atoms with Gasteiger partial charge >= 0.3 is 11.8 Å². The lowest BCUT2D eigenvalue weighted by molar-refractivity contribution is -0.386. The summed E-state index contributed by atoms with van der Waals surface area (Å²) in [6, 6.07) is 6.99. The van der Waals surface area contributed by atoms with E-state index in [-0.39, 0.29) is 32.7 Å². The van der Waals surface area contributed by atoms with Gasteiger partial charge < -0.3 is 14.9 Å². The molecular formula is C22H19ClF3N3O6. The number of aryl methyl sites for hydroxylation is 1. The van der Waals surface area contributed by atoms with E-state index in [0.29, 0.717) is 0 Å². The van der Waals surface area contributed by atoms with Crippen molar-refractivity contribution in [3.05, 3.63) is 73.2 Å². The molecule has 13 heteroatoms. The van der Waals surface area contributed by atoms with Crippen LogP contribution in [0, 0.1) is 17.0 Å². The van der Waals surface area contributed by atoms with Crippen LogP contribution in [0.25, 0.3) is 10.8 Å². The Kier molecular flexibility index (Phi) is 6.66. The molecule has 1 amide bonds. The summed E-state index contributed by atoms with van der Waals surface area (Å²) < 4.78 is 46.8. The number of aliphatic hydroxyl groups is 1. The first-order chi connectivity index (χ1) is 16.1. The SMILES string of the molecule is Cc1noc(=O)c2ccc(NC(=O)C(O)(CC(C)(C)c3cc(Cl)ccc3[N+](=O)[O-])C(F)(F)F)cc12. The van der Waals surface area contributed by atoms with Crippen molar-refractivity contribution in [1.29, 1.82) is 0 Å². The number of benzene rings is 2. The van der Waals surface area contributed by atoms with E-state index in [1.165, 1.54) is 45.0 Å². The van der Waals surface area contributed by atoms with Gasteiger partial charge in [0, 0.05) is 39.6 Å². The number of rotatable bonds is 6. The van der Waals surface area contributed by atoms with E-state index in [0.717, 1.165) is 12.1 Å². The average Bonchev–Trinajstić information content (AvgIpc) is 2.75. The van der Waals surface area contributed by atoms with Gasteiger partial charge in [-0.2, -0.15) is 13.2 Å². The number of carbonyl (C=O) groups excluding carboxylic acids is 1. The molecular weight excluding hydrogens is 495 g/mol. The van der Waals surface area contributed by atoms with Gasteiger partial charge in [-0.3, -0.25) is 14.9 Å². The molecule has 0 bridgehead atoms. The highest BCUT2D eigenvalue weighted by Gasteiger charge is 2.61. The van der Waals surface area contributed by atoms with Crippen LogP contribution in [-0.2, 0) is 10.2 Å². The van der Waals surface area contributed by atoms with Crippen LogP contribution in [0.1, 0.15) is 31.5 Å². The third-order valence-corrected chi connectivity index (χ3v) is 5.81. The minimum absolute atomic E-state index is 0.0308. The lowest BCUT2D eigenvalue weighted by Gasteiger charge is -2.36. The number of fused-ring (bicyclic) bond motifs is 1. The quantitative estimate of drug-likeness (QED) is 0.361. The Bertz CT molecular complexity index is 1390. The highest BCUT2D eigenvalue weighted by molar-refractivity contribution is 6.30. The number of aromatic nitrogens is 1. The molecule has 1 aromatic heterocycles. The summed E-state index contributed by atoms with van der Waals surface area (Å²) in [6.07, 6.45) is -6.70. The zero-order valence-electron chi connectivity index (χ0n) is 18.6. The number of amides is 1. The van der Waals surface area contributed by atoms with Gasteiger partial charge in [-0.05, 0) is 37.3 Å². The molecule has 3 aromatic rings. The molecule has 0 saturated heterocycles. The van der Waals surface area contributed by atoms with Crippen molar-refractivity contribution in [3.8, 4) is 0 Å². The highest BCUT2D eigenvalue weighted by atomic mass is 35.5. The molecule has 0 aliphatic carbocycles. The van der Waals surface area contributed by atoms with E-state index in [9.17, 15) is 38.0 Å². The van der Waals surface area contributed by atoms with E-state index < -0.39 is 45.8 Å². The average molecular weight is 514 g/mol. The maximum atomic E-state index is 14.1. The van der Waals surface area contributed by atoms with Crippen LogP contribution in [-0.4, -0.2) is 32.9 Å². The third-order valence-electron chi connectivity index (χ3n) is 5.58. The van der Waals surface area contributed by atoms with Crippen molar-refractivity contribution >= 4 is 39.7 Å². The standard InChI is InChI=1S/C22H19ClF3N3O6/c1-11-15-9-13(5-6-14(15)18(30)35-28-11)27-19(31)21(32,22(24,25)26)10-20(2,3)16-8-12(23)4-7-17(16)29(33)34/h4-9,32H,10H2,1-3H3,(H,27,31). The van der Waals surface area contributed by atoms with Gasteiger partial charge in [0.25, 0.3) is 11.6 Å². The monoisotopic (exact) mass is 513 g/mol. The normalized spacial score (nSPS) is 13.9. The van der Waals surface area contributed by atoms with Crippen molar-refractivity contribution < 1.29 is 32.5 Å². The van der Waals surface area contributed by atoms with Gasteiger partial charge in [0.15, 0.2) is 0 Å². The highest BCUT2D eigenvalue weighted by Crippen LogP contribution is 2.44. The van der Waals surface area contributed by atoms with Gasteiger partial charge in [-0.15, -0.1) is 0 Å². The number of halogens is 4. The molecule has 35 heavy (non-hydrogen) atoms. The lowest BCUT2D eigenvalue weighted by atomic mass is 9.74. The van der Waals surface area contributed by atoms with Crippen LogP contribution < -0.4 is 10.9 Å². The second kappa shape index (κ2) is 8.93. The van der Waals surface area contributed by atoms with E-state index in [1.807, 2.05) is 5.32 Å². The van der Waals surface area contributed by atoms with E-state index in [4.69, 9.17) is 11.6 Å². The number of nitro benzene ring substituents is 1. The molecule has 2 aromatic carbocycles. The van der Waals surface area contributed by atoms with Gasteiger partial charge in [-0.25, -0.2) is 4.79 Å². The number of nitro groups is 1. The molecule has 186 valence electrons. The Hall–Kier alpha value is -3.51. The van der Waals surface area contributed by atoms with Crippen LogP contribution in [0.4, 0.5) is 24.5 Å². The molecule has 0 fully saturated rings. The maximum absolute atomic E-state index is 14.1. The largest absolute Gasteiger partial charge is 0.426 e. The molecule has 9 nitrogen and oxygen atoms in total. The summed E-state index contributed by atoms with van der Waals surface area (Å²) in [7, 11) is 0. The lowest BCUT2D eigenvalue weighted by Crippen LogP contribution is -2.57. The first kappa shape index (κ1) is 26.1. The Balaban J connectivity index is 2.03. The fourth-order valence-corrected chi connectivity index (χ4v) is 3.97. The topological polar surface area (TPSA) is 136 Å². The summed E-state index contributed by atoms with van der Waals surface area (Å²) in [5.74, 6) is -1.81. The molecule has 1 atom stereocenters. The Labute approximate surface area is 200 Å². The second-order valence-electron chi connectivity index (χ2n) is 8.61.